The molecule has 1 aromatic rings. The van der Waals surface area contributed by atoms with Crippen LogP contribution >= 0.6 is 11.8 Å². The molecule has 0 atom stereocenters. The van der Waals surface area contributed by atoms with Gasteiger partial charge in [0.05, 0.1) is 13.2 Å². The molecule has 20 heavy (non-hydrogen) atoms. The van der Waals surface area contributed by atoms with Crippen molar-refractivity contribution < 1.29 is 9.47 Å². The van der Waals surface area contributed by atoms with Crippen LogP contribution in [0, 0.1) is 0 Å². The van der Waals surface area contributed by atoms with Gasteiger partial charge in [-0.15, -0.1) is 11.8 Å². The number of hydrogen-bond donors (Lipinski definition) is 1. The van der Waals surface area contributed by atoms with Crippen molar-refractivity contribution in [1.29, 1.82) is 0 Å². The van der Waals surface area contributed by atoms with Gasteiger partial charge in [-0.3, -0.25) is 0 Å². The third kappa shape index (κ3) is 2.55. The highest BCUT2D eigenvalue weighted by atomic mass is 32.2. The molecule has 0 bridgehead atoms. The molecular formula is C15H22N2O2S. The number of piperidine rings is 1. The van der Waals surface area contributed by atoms with E-state index < -0.39 is 0 Å². The van der Waals surface area contributed by atoms with E-state index in [0.717, 1.165) is 39.1 Å². The third-order valence-corrected chi connectivity index (χ3v) is 5.03. The third-order valence-electron chi connectivity index (χ3n) is 4.21. The lowest BCUT2D eigenvalue weighted by Gasteiger charge is -2.39. The average molecular weight is 294 g/mol. The molecule has 2 N–H and O–H groups in total. The van der Waals surface area contributed by atoms with Crippen LogP contribution in [-0.4, -0.2) is 38.3 Å². The second-order valence-electron chi connectivity index (χ2n) is 5.26. The molecule has 0 radical (unpaired) electrons. The monoisotopic (exact) mass is 294 g/mol. The molecule has 2 saturated heterocycles. The molecule has 0 saturated carbocycles. The molecular weight excluding hydrogens is 272 g/mol. The summed E-state index contributed by atoms with van der Waals surface area (Å²) in [5.74, 6) is -0.309. The lowest BCUT2D eigenvalue weighted by Crippen LogP contribution is -2.45. The Morgan fingerprint density at radius 2 is 1.95 bits per heavy atom. The van der Waals surface area contributed by atoms with Crippen LogP contribution in [0.5, 0.6) is 0 Å². The van der Waals surface area contributed by atoms with Crippen LogP contribution in [0.25, 0.3) is 0 Å². The molecule has 2 aliphatic rings. The van der Waals surface area contributed by atoms with E-state index in [1.807, 2.05) is 0 Å². The number of benzene rings is 1. The van der Waals surface area contributed by atoms with E-state index in [4.69, 9.17) is 15.2 Å². The summed E-state index contributed by atoms with van der Waals surface area (Å²) in [6, 6.07) is 6.44. The zero-order valence-corrected chi connectivity index (χ0v) is 12.7. The number of thioether (sulfide) groups is 1. The average Bonchev–Trinajstić information content (AvgIpc) is 2.95. The van der Waals surface area contributed by atoms with Gasteiger partial charge >= 0.3 is 0 Å². The predicted octanol–water partition coefficient (Wildman–Crippen LogP) is 2.21. The molecule has 1 spiro atoms. The summed E-state index contributed by atoms with van der Waals surface area (Å²) in [7, 11) is 0. The number of anilines is 1. The van der Waals surface area contributed by atoms with Gasteiger partial charge in [0, 0.05) is 48.6 Å². The van der Waals surface area contributed by atoms with Crippen LogP contribution in [-0.2, 0) is 16.0 Å². The molecule has 4 nitrogen and oxygen atoms in total. The summed E-state index contributed by atoms with van der Waals surface area (Å²) in [6.07, 6.45) is 3.96. The van der Waals surface area contributed by atoms with Gasteiger partial charge < -0.3 is 20.1 Å². The predicted molar refractivity (Wildman–Crippen MR) is 82.2 cm³/mol. The van der Waals surface area contributed by atoms with Gasteiger partial charge in [-0.1, -0.05) is 6.07 Å². The number of nitrogens with zero attached hydrogens (tertiary/aromatic N) is 1. The summed E-state index contributed by atoms with van der Waals surface area (Å²) in [6.45, 7) is 3.97. The Balaban J connectivity index is 1.77. The molecule has 2 aliphatic heterocycles. The highest BCUT2D eigenvalue weighted by molar-refractivity contribution is 7.98. The number of ether oxygens (including phenoxy) is 2. The van der Waals surface area contributed by atoms with Gasteiger partial charge in [0.15, 0.2) is 5.79 Å². The number of rotatable bonds is 3. The Kier molecular flexibility index (Phi) is 4.21. The van der Waals surface area contributed by atoms with Crippen molar-refractivity contribution in [3.63, 3.8) is 0 Å². The Morgan fingerprint density at radius 3 is 2.55 bits per heavy atom. The van der Waals surface area contributed by atoms with E-state index >= 15 is 0 Å². The smallest absolute Gasteiger partial charge is 0.171 e. The summed E-state index contributed by atoms with van der Waals surface area (Å²) < 4.78 is 11.6. The van der Waals surface area contributed by atoms with Gasteiger partial charge in [-0.05, 0) is 18.4 Å². The molecule has 0 amide bonds. The molecule has 0 unspecified atom stereocenters. The maximum absolute atomic E-state index is 5.96. The van der Waals surface area contributed by atoms with Crippen LogP contribution in [0.3, 0.4) is 0 Å². The maximum Gasteiger partial charge on any atom is 0.171 e. The quantitative estimate of drug-likeness (QED) is 0.866. The van der Waals surface area contributed by atoms with Crippen molar-refractivity contribution in [2.45, 2.75) is 30.1 Å². The number of nitrogens with two attached hydrogens (primary N) is 1. The van der Waals surface area contributed by atoms with Crippen molar-refractivity contribution in [1.82, 2.24) is 0 Å². The van der Waals surface area contributed by atoms with E-state index in [1.165, 1.54) is 16.1 Å². The first-order valence-electron chi connectivity index (χ1n) is 7.17. The highest BCUT2D eigenvalue weighted by Crippen LogP contribution is 2.36. The summed E-state index contributed by atoms with van der Waals surface area (Å²) in [5, 5.41) is 0. The van der Waals surface area contributed by atoms with E-state index in [0.29, 0.717) is 6.54 Å². The van der Waals surface area contributed by atoms with Crippen LogP contribution < -0.4 is 10.6 Å². The maximum atomic E-state index is 5.96. The normalized spacial score (nSPS) is 21.6. The minimum absolute atomic E-state index is 0.309. The molecule has 0 aromatic heterocycles. The van der Waals surface area contributed by atoms with Gasteiger partial charge in [0.1, 0.15) is 0 Å². The van der Waals surface area contributed by atoms with Crippen LogP contribution in [0.15, 0.2) is 23.1 Å². The zero-order valence-electron chi connectivity index (χ0n) is 11.9. The standard InChI is InChI=1S/C15H22N2O2S/c1-20-14-4-2-3-13(12(14)11-16)17-7-5-15(6-8-17)18-9-10-19-15/h2-4H,5-11,16H2,1H3. The lowest BCUT2D eigenvalue weighted by atomic mass is 10.0. The second kappa shape index (κ2) is 5.93. The van der Waals surface area contributed by atoms with Crippen molar-refractivity contribution in [2.75, 3.05) is 37.5 Å². The molecule has 0 aliphatic carbocycles. The minimum atomic E-state index is -0.309. The fourth-order valence-electron chi connectivity index (χ4n) is 3.12. The van der Waals surface area contributed by atoms with Crippen LogP contribution in [0.4, 0.5) is 5.69 Å². The highest BCUT2D eigenvalue weighted by Gasteiger charge is 2.40. The van der Waals surface area contributed by atoms with Crippen LogP contribution in [0.2, 0.25) is 0 Å². The molecule has 5 heteroatoms. The van der Waals surface area contributed by atoms with Crippen molar-refractivity contribution in [3.8, 4) is 0 Å². The van der Waals surface area contributed by atoms with E-state index in [9.17, 15) is 0 Å². The molecule has 110 valence electrons. The van der Waals surface area contributed by atoms with Gasteiger partial charge in [-0.2, -0.15) is 0 Å². The van der Waals surface area contributed by atoms with Gasteiger partial charge in [-0.25, -0.2) is 0 Å². The summed E-state index contributed by atoms with van der Waals surface area (Å²) in [5.41, 5.74) is 8.48. The van der Waals surface area contributed by atoms with E-state index in [2.05, 4.69) is 29.4 Å². The minimum Gasteiger partial charge on any atom is -0.371 e. The zero-order chi connectivity index (χ0) is 14.0. The first kappa shape index (κ1) is 14.2. The largest absolute Gasteiger partial charge is 0.371 e. The van der Waals surface area contributed by atoms with Crippen molar-refractivity contribution >= 4 is 17.4 Å². The SMILES string of the molecule is CSc1cccc(N2CCC3(CC2)OCCO3)c1CN. The summed E-state index contributed by atoms with van der Waals surface area (Å²) in [4.78, 5) is 3.69. The van der Waals surface area contributed by atoms with Gasteiger partial charge in [0.2, 0.25) is 0 Å². The molecule has 2 heterocycles. The fraction of sp³-hybridized carbons (Fsp3) is 0.600. The first-order chi connectivity index (χ1) is 9.78. The topological polar surface area (TPSA) is 47.7 Å². The van der Waals surface area contributed by atoms with E-state index in [1.54, 1.807) is 11.8 Å². The first-order valence-corrected chi connectivity index (χ1v) is 8.39. The van der Waals surface area contributed by atoms with E-state index in [-0.39, 0.29) is 5.79 Å². The molecule has 3 rings (SSSR count). The van der Waals surface area contributed by atoms with Gasteiger partial charge in [0.25, 0.3) is 0 Å². The fourth-order valence-corrected chi connectivity index (χ4v) is 3.77. The Labute approximate surface area is 124 Å². The lowest BCUT2D eigenvalue weighted by molar-refractivity contribution is -0.169. The Bertz CT molecular complexity index is 465. The number of hydrogen-bond acceptors (Lipinski definition) is 5. The summed E-state index contributed by atoms with van der Waals surface area (Å²) >= 11 is 1.76. The van der Waals surface area contributed by atoms with Crippen LogP contribution in [0.1, 0.15) is 18.4 Å². The Hall–Kier alpha value is -0.750. The van der Waals surface area contributed by atoms with Crippen molar-refractivity contribution in [2.24, 2.45) is 5.73 Å². The van der Waals surface area contributed by atoms with Crippen molar-refractivity contribution in [3.05, 3.63) is 23.8 Å². The Morgan fingerprint density at radius 1 is 1.25 bits per heavy atom. The molecule has 1 aromatic carbocycles. The molecule has 2 fully saturated rings. The second-order valence-corrected chi connectivity index (χ2v) is 6.10.